The van der Waals surface area contributed by atoms with Gasteiger partial charge in [0.1, 0.15) is 22.3 Å². The molecule has 1 aromatic carbocycles. The van der Waals surface area contributed by atoms with E-state index in [1.54, 1.807) is 12.3 Å². The predicted octanol–water partition coefficient (Wildman–Crippen LogP) is 4.72. The summed E-state index contributed by atoms with van der Waals surface area (Å²) in [4.78, 5) is 29.0. The van der Waals surface area contributed by atoms with E-state index in [-0.39, 0.29) is 5.91 Å². The van der Waals surface area contributed by atoms with Gasteiger partial charge in [-0.15, -0.1) is 0 Å². The van der Waals surface area contributed by atoms with Crippen LogP contribution in [0.1, 0.15) is 33.9 Å². The van der Waals surface area contributed by atoms with Crippen LogP contribution in [0, 0.1) is 19.8 Å². The Morgan fingerprint density at radius 3 is 2.74 bits per heavy atom. The van der Waals surface area contributed by atoms with Crippen LogP contribution in [0.2, 0.25) is 5.02 Å². The van der Waals surface area contributed by atoms with Crippen molar-refractivity contribution in [1.82, 2.24) is 20.0 Å². The first-order valence-electron chi connectivity index (χ1n) is 11.6. The van der Waals surface area contributed by atoms with Gasteiger partial charge in [0.05, 0.1) is 30.0 Å². The molecule has 2 aromatic heterocycles. The highest BCUT2D eigenvalue weighted by molar-refractivity contribution is 7.17. The van der Waals surface area contributed by atoms with Gasteiger partial charge in [0.2, 0.25) is 0 Å². The standard InChI is InChI=1S/C24H27ClN8OS/c1-15-4-3-5-18(25)22(15)31-23(34)19-14-26-24(35-19)30-20-12-21(29-16(2)28-20)32-8-10-33(11-9-32)27-13-17-6-7-17/h3-5,12-14,17H,6-11H2,1-2H3,(H,31,34)(H,26,28,29,30)/b27-13+. The molecular weight excluding hydrogens is 484 g/mol. The van der Waals surface area contributed by atoms with Gasteiger partial charge in [-0.25, -0.2) is 15.0 Å². The summed E-state index contributed by atoms with van der Waals surface area (Å²) in [6.45, 7) is 7.20. The van der Waals surface area contributed by atoms with Gasteiger partial charge in [0, 0.05) is 25.4 Å². The van der Waals surface area contributed by atoms with Gasteiger partial charge in [0.25, 0.3) is 5.91 Å². The van der Waals surface area contributed by atoms with Crippen LogP contribution in [0.3, 0.4) is 0 Å². The smallest absolute Gasteiger partial charge is 0.267 e. The average Bonchev–Trinajstić information content (AvgIpc) is 3.56. The molecule has 35 heavy (non-hydrogen) atoms. The molecular formula is C24H27ClN8OS. The number of hydrogen-bond acceptors (Lipinski definition) is 9. The summed E-state index contributed by atoms with van der Waals surface area (Å²) in [6.07, 6.45) is 6.17. The Kier molecular flexibility index (Phi) is 6.83. The number of amides is 1. The number of anilines is 4. The maximum Gasteiger partial charge on any atom is 0.267 e. The number of hydrazone groups is 1. The highest BCUT2D eigenvalue weighted by Gasteiger charge is 2.21. The fourth-order valence-electron chi connectivity index (χ4n) is 3.76. The van der Waals surface area contributed by atoms with Gasteiger partial charge in [-0.1, -0.05) is 35.1 Å². The highest BCUT2D eigenvalue weighted by Crippen LogP contribution is 2.29. The van der Waals surface area contributed by atoms with Crippen molar-refractivity contribution in [2.75, 3.05) is 41.7 Å². The minimum atomic E-state index is -0.256. The van der Waals surface area contributed by atoms with Crippen LogP contribution in [0.15, 0.2) is 35.6 Å². The van der Waals surface area contributed by atoms with E-state index in [0.29, 0.717) is 38.3 Å². The fraction of sp³-hybridized carbons (Fsp3) is 0.375. The zero-order valence-electron chi connectivity index (χ0n) is 19.7. The van der Waals surface area contributed by atoms with E-state index in [4.69, 9.17) is 11.6 Å². The van der Waals surface area contributed by atoms with E-state index >= 15 is 0 Å². The van der Waals surface area contributed by atoms with Crippen LogP contribution in [0.25, 0.3) is 0 Å². The lowest BCUT2D eigenvalue weighted by Crippen LogP contribution is -2.44. The van der Waals surface area contributed by atoms with Crippen LogP contribution in [0.5, 0.6) is 0 Å². The first-order chi connectivity index (χ1) is 16.9. The molecule has 11 heteroatoms. The van der Waals surface area contributed by atoms with Gasteiger partial charge in [0.15, 0.2) is 5.13 Å². The van der Waals surface area contributed by atoms with E-state index in [0.717, 1.165) is 37.6 Å². The molecule has 2 aliphatic rings. The Morgan fingerprint density at radius 1 is 1.20 bits per heavy atom. The first-order valence-corrected chi connectivity index (χ1v) is 12.8. The molecule has 1 amide bonds. The third kappa shape index (κ3) is 5.88. The zero-order chi connectivity index (χ0) is 24.4. The molecule has 1 aliphatic carbocycles. The van der Waals surface area contributed by atoms with Crippen LogP contribution >= 0.6 is 22.9 Å². The van der Waals surface area contributed by atoms with Gasteiger partial charge in [-0.2, -0.15) is 5.10 Å². The highest BCUT2D eigenvalue weighted by atomic mass is 35.5. The molecule has 1 aliphatic heterocycles. The zero-order valence-corrected chi connectivity index (χ0v) is 21.2. The lowest BCUT2D eigenvalue weighted by atomic mass is 10.2. The molecule has 1 saturated carbocycles. The lowest BCUT2D eigenvalue weighted by molar-refractivity contribution is 0.103. The summed E-state index contributed by atoms with van der Waals surface area (Å²) in [7, 11) is 0. The number of piperazine rings is 1. The lowest BCUT2D eigenvalue weighted by Gasteiger charge is -2.34. The molecule has 0 bridgehead atoms. The van der Waals surface area contributed by atoms with Crippen molar-refractivity contribution in [2.24, 2.45) is 11.0 Å². The van der Waals surface area contributed by atoms with Crippen molar-refractivity contribution >= 4 is 57.5 Å². The van der Waals surface area contributed by atoms with Crippen molar-refractivity contribution in [3.63, 3.8) is 0 Å². The van der Waals surface area contributed by atoms with Crippen LogP contribution < -0.4 is 15.5 Å². The minimum Gasteiger partial charge on any atom is -0.353 e. The monoisotopic (exact) mass is 510 g/mol. The van der Waals surface area contributed by atoms with E-state index < -0.39 is 0 Å². The molecule has 2 fully saturated rings. The summed E-state index contributed by atoms with van der Waals surface area (Å²) in [6, 6.07) is 7.42. The number of halogens is 1. The molecule has 2 N–H and O–H groups in total. The van der Waals surface area contributed by atoms with Crippen molar-refractivity contribution in [1.29, 1.82) is 0 Å². The van der Waals surface area contributed by atoms with Gasteiger partial charge >= 0.3 is 0 Å². The molecule has 0 unspecified atom stereocenters. The number of thiazole rings is 1. The molecule has 1 saturated heterocycles. The topological polar surface area (TPSA) is 98.6 Å². The molecule has 182 valence electrons. The van der Waals surface area contributed by atoms with Crippen molar-refractivity contribution in [3.8, 4) is 0 Å². The number of aryl methyl sites for hydroxylation is 2. The van der Waals surface area contributed by atoms with E-state index in [1.807, 2.05) is 32.0 Å². The number of benzene rings is 1. The number of para-hydroxylation sites is 1. The molecule has 3 aromatic rings. The van der Waals surface area contributed by atoms with E-state index in [1.165, 1.54) is 24.2 Å². The molecule has 9 nitrogen and oxygen atoms in total. The maximum absolute atomic E-state index is 12.7. The van der Waals surface area contributed by atoms with Crippen molar-refractivity contribution in [2.45, 2.75) is 26.7 Å². The summed E-state index contributed by atoms with van der Waals surface area (Å²) in [5, 5.41) is 13.9. The number of aromatic nitrogens is 3. The number of carbonyl (C=O) groups is 1. The molecule has 0 spiro atoms. The third-order valence-electron chi connectivity index (χ3n) is 5.89. The minimum absolute atomic E-state index is 0.256. The van der Waals surface area contributed by atoms with Crippen molar-refractivity contribution < 1.29 is 4.79 Å². The molecule has 3 heterocycles. The van der Waals surface area contributed by atoms with Crippen LogP contribution in [-0.4, -0.2) is 58.3 Å². The summed E-state index contributed by atoms with van der Waals surface area (Å²) >= 11 is 7.49. The second-order valence-corrected chi connectivity index (χ2v) is 10.2. The van der Waals surface area contributed by atoms with Gasteiger partial charge in [-0.3, -0.25) is 9.80 Å². The molecule has 0 radical (unpaired) electrons. The largest absolute Gasteiger partial charge is 0.353 e. The van der Waals surface area contributed by atoms with E-state index in [2.05, 4.69) is 46.8 Å². The Bertz CT molecular complexity index is 1230. The Morgan fingerprint density at radius 2 is 2.00 bits per heavy atom. The average molecular weight is 511 g/mol. The second-order valence-electron chi connectivity index (χ2n) is 8.74. The fourth-order valence-corrected chi connectivity index (χ4v) is 4.75. The Hall–Kier alpha value is -3.24. The first kappa shape index (κ1) is 23.5. The number of carbonyl (C=O) groups excluding carboxylic acids is 1. The van der Waals surface area contributed by atoms with Gasteiger partial charge < -0.3 is 15.5 Å². The quantitative estimate of drug-likeness (QED) is 0.444. The van der Waals surface area contributed by atoms with E-state index in [9.17, 15) is 4.79 Å². The summed E-state index contributed by atoms with van der Waals surface area (Å²) in [5.74, 6) is 2.61. The van der Waals surface area contributed by atoms with Crippen molar-refractivity contribution in [3.05, 3.63) is 51.7 Å². The van der Waals surface area contributed by atoms with Gasteiger partial charge in [-0.05, 0) is 44.2 Å². The van der Waals surface area contributed by atoms with Crippen LogP contribution in [-0.2, 0) is 0 Å². The summed E-state index contributed by atoms with van der Waals surface area (Å²) < 4.78 is 0. The number of nitrogens with one attached hydrogen (secondary N) is 2. The second kappa shape index (κ2) is 10.2. The normalized spacial score (nSPS) is 16.1. The SMILES string of the molecule is Cc1nc(Nc2ncc(C(=O)Nc3c(C)cccc3Cl)s2)cc(N2CCN(/N=C/C3CC3)CC2)n1. The van der Waals surface area contributed by atoms with Crippen LogP contribution in [0.4, 0.5) is 22.5 Å². The third-order valence-corrected chi connectivity index (χ3v) is 7.12. The predicted molar refractivity (Wildman–Crippen MR) is 141 cm³/mol. The molecule has 5 rings (SSSR count). The Balaban J connectivity index is 1.23. The number of rotatable bonds is 7. The number of hydrogen-bond donors (Lipinski definition) is 2. The number of nitrogens with zero attached hydrogens (tertiary/aromatic N) is 6. The summed E-state index contributed by atoms with van der Waals surface area (Å²) in [5.41, 5.74) is 1.50. The maximum atomic E-state index is 12.7. The molecule has 0 atom stereocenters. The Labute approximate surface area is 213 Å².